The molecule has 0 saturated carbocycles. The molecule has 0 atom stereocenters. The van der Waals surface area contributed by atoms with Gasteiger partial charge in [-0.25, -0.2) is 4.98 Å². The number of hydrogen-bond acceptors (Lipinski definition) is 5. The molecule has 3 aromatic rings. The smallest absolute Gasteiger partial charge is 0.260 e. The van der Waals surface area contributed by atoms with Gasteiger partial charge in [-0.15, -0.1) is 24.2 Å². The number of anilines is 1. The molecule has 0 N–H and O–H groups in total. The van der Waals surface area contributed by atoms with E-state index in [2.05, 4.69) is 47.7 Å². The van der Waals surface area contributed by atoms with Crippen molar-refractivity contribution in [2.75, 3.05) is 36.8 Å². The Balaban J connectivity index is 0.00000320. The van der Waals surface area contributed by atoms with Crippen LogP contribution in [0.15, 0.2) is 51.8 Å². The second-order valence-electron chi connectivity index (χ2n) is 6.55. The van der Waals surface area contributed by atoms with Gasteiger partial charge in [0.05, 0.1) is 10.2 Å². The van der Waals surface area contributed by atoms with E-state index in [1.54, 1.807) is 23.1 Å². The van der Waals surface area contributed by atoms with Crippen LogP contribution in [0.4, 0.5) is 5.13 Å². The maximum Gasteiger partial charge on any atom is 0.260 e. The molecular weight excluding hydrogens is 502 g/mol. The van der Waals surface area contributed by atoms with Gasteiger partial charge in [-0.3, -0.25) is 9.69 Å². The number of likely N-dealkylation sites (N-methyl/N-ethyl adjacent to an activating group) is 1. The van der Waals surface area contributed by atoms with Crippen LogP contribution in [-0.4, -0.2) is 47.7 Å². The lowest BCUT2D eigenvalue weighted by Gasteiger charge is -2.24. The molecule has 4 nitrogen and oxygen atoms in total. The Kier molecular flexibility index (Phi) is 10.1. The predicted octanol–water partition coefficient (Wildman–Crippen LogP) is 6.58. The second-order valence-corrected chi connectivity index (χ2v) is 9.81. The summed E-state index contributed by atoms with van der Waals surface area (Å²) >= 11 is 6.86. The summed E-state index contributed by atoms with van der Waals surface area (Å²) in [5.74, 6) is 1.02. The topological polar surface area (TPSA) is 36.4 Å². The van der Waals surface area contributed by atoms with Gasteiger partial charge in [0.1, 0.15) is 0 Å². The normalized spacial score (nSPS) is 11.0. The Labute approximate surface area is 201 Å². The zero-order valence-corrected chi connectivity index (χ0v) is 21.5. The highest BCUT2D eigenvalue weighted by Crippen LogP contribution is 2.32. The molecule has 0 unspecified atom stereocenters. The summed E-state index contributed by atoms with van der Waals surface area (Å²) in [6.07, 6.45) is 0. The number of carbonyl (C=O) groups is 1. The molecule has 30 heavy (non-hydrogen) atoms. The fraction of sp³-hybridized carbons (Fsp3) is 0.364. The lowest BCUT2D eigenvalue weighted by Crippen LogP contribution is -2.38. The van der Waals surface area contributed by atoms with Crippen molar-refractivity contribution in [1.82, 2.24) is 9.88 Å². The molecule has 0 saturated heterocycles. The summed E-state index contributed by atoms with van der Waals surface area (Å²) in [5.41, 5.74) is 1.62. The molecule has 1 amide bonds. The summed E-state index contributed by atoms with van der Waals surface area (Å²) in [6.45, 7) is 9.80. The summed E-state index contributed by atoms with van der Waals surface area (Å²) in [5, 5.41) is 0.752. The minimum Gasteiger partial charge on any atom is -0.302 e. The Bertz CT molecular complexity index is 961. The van der Waals surface area contributed by atoms with Crippen LogP contribution in [0, 0.1) is 0 Å². The number of thioether (sulfide) groups is 1. The third kappa shape index (κ3) is 6.20. The maximum atomic E-state index is 13.4. The van der Waals surface area contributed by atoms with Crippen LogP contribution in [-0.2, 0) is 0 Å². The standard InChI is InChI=1S/C22H26BrN3OS2.ClH/c1-4-25(5-2)13-14-26(21(27)16-7-10-18(11-8-16)28-6-3)22-24-19-12-9-17(23)15-20(19)29-22;/h7-12,15H,4-6,13-14H2,1-3H3;1H. The van der Waals surface area contributed by atoms with Crippen LogP contribution in [0.5, 0.6) is 0 Å². The van der Waals surface area contributed by atoms with Gasteiger partial charge in [0.15, 0.2) is 5.13 Å². The molecule has 0 spiro atoms. The third-order valence-corrected chi connectivity index (χ3v) is 7.19. The van der Waals surface area contributed by atoms with Gasteiger partial charge < -0.3 is 4.90 Å². The van der Waals surface area contributed by atoms with Crippen molar-refractivity contribution in [2.45, 2.75) is 25.7 Å². The van der Waals surface area contributed by atoms with E-state index in [-0.39, 0.29) is 18.3 Å². The van der Waals surface area contributed by atoms with Gasteiger partial charge in [-0.05, 0) is 61.3 Å². The largest absolute Gasteiger partial charge is 0.302 e. The number of carbonyl (C=O) groups excluding carboxylic acids is 1. The molecule has 1 aromatic heterocycles. The molecule has 0 aliphatic heterocycles. The van der Waals surface area contributed by atoms with E-state index >= 15 is 0 Å². The highest BCUT2D eigenvalue weighted by molar-refractivity contribution is 9.10. The SMILES string of the molecule is CCSc1ccc(C(=O)N(CCN(CC)CC)c2nc3ccc(Br)cc3s2)cc1.Cl. The predicted molar refractivity (Wildman–Crippen MR) is 137 cm³/mol. The van der Waals surface area contributed by atoms with Gasteiger partial charge in [0.25, 0.3) is 5.91 Å². The molecular formula is C22H27BrClN3OS2. The molecule has 0 aliphatic carbocycles. The number of hydrogen-bond donors (Lipinski definition) is 0. The number of nitrogens with zero attached hydrogens (tertiary/aromatic N) is 3. The molecule has 0 fully saturated rings. The van der Waals surface area contributed by atoms with Crippen molar-refractivity contribution in [3.63, 3.8) is 0 Å². The highest BCUT2D eigenvalue weighted by Gasteiger charge is 2.22. The van der Waals surface area contributed by atoms with Crippen molar-refractivity contribution in [2.24, 2.45) is 0 Å². The lowest BCUT2D eigenvalue weighted by atomic mass is 10.2. The number of aromatic nitrogens is 1. The number of halogens is 2. The molecule has 1 heterocycles. The Morgan fingerprint density at radius 3 is 2.40 bits per heavy atom. The van der Waals surface area contributed by atoms with E-state index in [4.69, 9.17) is 4.98 Å². The Hall–Kier alpha value is -1.12. The van der Waals surface area contributed by atoms with Crippen LogP contribution in [0.25, 0.3) is 10.2 Å². The average molecular weight is 529 g/mol. The van der Waals surface area contributed by atoms with Crippen LogP contribution in [0.1, 0.15) is 31.1 Å². The van der Waals surface area contributed by atoms with E-state index in [9.17, 15) is 4.79 Å². The summed E-state index contributed by atoms with van der Waals surface area (Å²) in [6, 6.07) is 13.9. The van der Waals surface area contributed by atoms with E-state index in [1.165, 1.54) is 4.90 Å². The molecule has 162 valence electrons. The third-order valence-electron chi connectivity index (χ3n) is 4.76. The summed E-state index contributed by atoms with van der Waals surface area (Å²) in [7, 11) is 0. The monoisotopic (exact) mass is 527 g/mol. The van der Waals surface area contributed by atoms with Crippen molar-refractivity contribution < 1.29 is 4.79 Å². The summed E-state index contributed by atoms with van der Waals surface area (Å²) < 4.78 is 2.09. The molecule has 2 aromatic carbocycles. The first-order chi connectivity index (χ1) is 14.0. The first-order valence-electron chi connectivity index (χ1n) is 9.88. The minimum absolute atomic E-state index is 0. The number of thiazole rings is 1. The molecule has 0 radical (unpaired) electrons. The van der Waals surface area contributed by atoms with E-state index in [1.807, 2.05) is 41.3 Å². The molecule has 3 rings (SSSR count). The first-order valence-corrected chi connectivity index (χ1v) is 12.5. The summed E-state index contributed by atoms with van der Waals surface area (Å²) in [4.78, 5) is 23.5. The number of amides is 1. The quantitative estimate of drug-likeness (QED) is 0.294. The van der Waals surface area contributed by atoms with Gasteiger partial charge in [0.2, 0.25) is 0 Å². The van der Waals surface area contributed by atoms with E-state index in [0.29, 0.717) is 12.1 Å². The zero-order valence-electron chi connectivity index (χ0n) is 17.4. The van der Waals surface area contributed by atoms with Gasteiger partial charge >= 0.3 is 0 Å². The van der Waals surface area contributed by atoms with Gasteiger partial charge in [0, 0.05) is 28.0 Å². The van der Waals surface area contributed by atoms with Crippen LogP contribution >= 0.6 is 51.4 Å². The number of benzene rings is 2. The maximum absolute atomic E-state index is 13.4. The van der Waals surface area contributed by atoms with Crippen molar-refractivity contribution in [1.29, 1.82) is 0 Å². The van der Waals surface area contributed by atoms with Gasteiger partial charge in [-0.2, -0.15) is 0 Å². The number of fused-ring (bicyclic) bond motifs is 1. The Morgan fingerprint density at radius 1 is 1.07 bits per heavy atom. The first kappa shape index (κ1) is 25.1. The van der Waals surface area contributed by atoms with Crippen LogP contribution in [0.3, 0.4) is 0 Å². The van der Waals surface area contributed by atoms with Crippen LogP contribution in [0.2, 0.25) is 0 Å². The lowest BCUT2D eigenvalue weighted by molar-refractivity contribution is 0.0983. The number of rotatable bonds is 9. The van der Waals surface area contributed by atoms with Crippen molar-refractivity contribution >= 4 is 72.7 Å². The Morgan fingerprint density at radius 2 is 1.77 bits per heavy atom. The second kappa shape index (κ2) is 12.1. The minimum atomic E-state index is 0. The van der Waals surface area contributed by atoms with Gasteiger partial charge in [-0.1, -0.05) is 48.0 Å². The van der Waals surface area contributed by atoms with Crippen molar-refractivity contribution in [3.05, 3.63) is 52.5 Å². The highest BCUT2D eigenvalue weighted by atomic mass is 79.9. The van der Waals surface area contributed by atoms with E-state index in [0.717, 1.165) is 45.2 Å². The molecule has 8 heteroatoms. The fourth-order valence-corrected chi connectivity index (χ4v) is 5.29. The molecule has 0 aliphatic rings. The van der Waals surface area contributed by atoms with Crippen molar-refractivity contribution in [3.8, 4) is 0 Å². The zero-order chi connectivity index (χ0) is 20.8. The van der Waals surface area contributed by atoms with E-state index < -0.39 is 0 Å². The van der Waals surface area contributed by atoms with Crippen LogP contribution < -0.4 is 4.90 Å². The fourth-order valence-electron chi connectivity index (χ4n) is 3.08. The average Bonchev–Trinajstić information content (AvgIpc) is 3.14. The molecule has 0 bridgehead atoms.